The second kappa shape index (κ2) is 10.2. The minimum atomic E-state index is -0.0624. The van der Waals surface area contributed by atoms with Gasteiger partial charge in [0.1, 0.15) is 11.6 Å². The summed E-state index contributed by atoms with van der Waals surface area (Å²) >= 11 is 1.66. The summed E-state index contributed by atoms with van der Waals surface area (Å²) in [6, 6.07) is 16.0. The van der Waals surface area contributed by atoms with E-state index in [-0.39, 0.29) is 6.04 Å². The normalized spacial score (nSPS) is 12.0. The van der Waals surface area contributed by atoms with Gasteiger partial charge in [-0.25, -0.2) is 9.97 Å². The molecule has 4 aromatic heterocycles. The van der Waals surface area contributed by atoms with Crippen LogP contribution in [0.4, 0.5) is 5.82 Å². The van der Waals surface area contributed by atoms with E-state index in [1.165, 1.54) is 5.56 Å². The summed E-state index contributed by atoms with van der Waals surface area (Å²) in [6.45, 7) is 2.68. The first kappa shape index (κ1) is 22.9. The Morgan fingerprint density at radius 3 is 2.54 bits per heavy atom. The van der Waals surface area contributed by atoms with Crippen LogP contribution in [0.2, 0.25) is 0 Å². The van der Waals surface area contributed by atoms with Crippen LogP contribution < -0.4 is 15.8 Å². The van der Waals surface area contributed by atoms with Crippen molar-refractivity contribution < 1.29 is 4.74 Å². The molecule has 0 saturated carbocycles. The molecule has 8 heteroatoms. The first-order valence-corrected chi connectivity index (χ1v) is 12.2. The molecule has 1 atom stereocenters. The maximum absolute atomic E-state index is 6.48. The van der Waals surface area contributed by atoms with Gasteiger partial charge in [-0.3, -0.25) is 9.97 Å². The van der Waals surface area contributed by atoms with Crippen molar-refractivity contribution in [3.05, 3.63) is 83.8 Å². The first-order chi connectivity index (χ1) is 17.1. The molecular weight excluding hydrogens is 456 g/mol. The molecule has 0 saturated heterocycles. The molecule has 35 heavy (non-hydrogen) atoms. The number of hydrogen-bond donors (Lipinski definition) is 2. The summed E-state index contributed by atoms with van der Waals surface area (Å²) in [5, 5.41) is 3.51. The Morgan fingerprint density at radius 1 is 1.00 bits per heavy atom. The van der Waals surface area contributed by atoms with Crippen LogP contribution >= 0.6 is 11.3 Å². The van der Waals surface area contributed by atoms with Crippen LogP contribution in [-0.4, -0.2) is 39.6 Å². The van der Waals surface area contributed by atoms with Crippen LogP contribution in [0, 0.1) is 6.92 Å². The van der Waals surface area contributed by atoms with Gasteiger partial charge in [-0.2, -0.15) is 0 Å². The van der Waals surface area contributed by atoms with E-state index >= 15 is 0 Å². The van der Waals surface area contributed by atoms with E-state index in [0.29, 0.717) is 18.1 Å². The van der Waals surface area contributed by atoms with Crippen LogP contribution in [0.1, 0.15) is 10.4 Å². The van der Waals surface area contributed by atoms with Crippen molar-refractivity contribution in [2.24, 2.45) is 5.73 Å². The van der Waals surface area contributed by atoms with E-state index in [9.17, 15) is 0 Å². The van der Waals surface area contributed by atoms with E-state index < -0.39 is 0 Å². The summed E-state index contributed by atoms with van der Waals surface area (Å²) < 4.78 is 6.60. The molecule has 4 heterocycles. The van der Waals surface area contributed by atoms with Gasteiger partial charge in [0.25, 0.3) is 0 Å². The van der Waals surface area contributed by atoms with E-state index in [2.05, 4.69) is 34.3 Å². The lowest BCUT2D eigenvalue weighted by Gasteiger charge is -2.15. The van der Waals surface area contributed by atoms with Gasteiger partial charge in [-0.1, -0.05) is 30.3 Å². The molecule has 0 amide bonds. The number of nitrogens with zero attached hydrogens (tertiary/aromatic N) is 4. The van der Waals surface area contributed by atoms with Crippen molar-refractivity contribution in [3.63, 3.8) is 0 Å². The Bertz CT molecular complexity index is 1440. The van der Waals surface area contributed by atoms with Gasteiger partial charge in [-0.15, -0.1) is 11.3 Å². The second-order valence-corrected chi connectivity index (χ2v) is 9.47. The highest BCUT2D eigenvalue weighted by molar-refractivity contribution is 7.20. The minimum absolute atomic E-state index is 0.0624. The topological polar surface area (TPSA) is 98.8 Å². The molecule has 5 rings (SSSR count). The number of anilines is 1. The molecule has 0 spiro atoms. The lowest BCUT2D eigenvalue weighted by molar-refractivity contribution is 0.414. The zero-order chi connectivity index (χ0) is 24.2. The van der Waals surface area contributed by atoms with Crippen molar-refractivity contribution in [1.29, 1.82) is 0 Å². The van der Waals surface area contributed by atoms with Crippen LogP contribution in [0.3, 0.4) is 0 Å². The van der Waals surface area contributed by atoms with E-state index in [1.807, 2.05) is 36.4 Å². The fourth-order valence-electron chi connectivity index (χ4n) is 4.12. The Hall–Kier alpha value is -3.88. The van der Waals surface area contributed by atoms with E-state index in [4.69, 9.17) is 20.4 Å². The number of methoxy groups -OCH3 is 1. The monoisotopic (exact) mass is 482 g/mol. The van der Waals surface area contributed by atoms with Crippen molar-refractivity contribution >= 4 is 27.4 Å². The van der Waals surface area contributed by atoms with E-state index in [0.717, 1.165) is 44.0 Å². The zero-order valence-corrected chi connectivity index (χ0v) is 20.4. The molecule has 0 aliphatic carbocycles. The van der Waals surface area contributed by atoms with Crippen LogP contribution in [-0.2, 0) is 6.42 Å². The lowest BCUT2D eigenvalue weighted by Crippen LogP contribution is -2.31. The molecule has 0 radical (unpaired) electrons. The Labute approximate surface area is 208 Å². The third kappa shape index (κ3) is 4.84. The third-order valence-corrected chi connectivity index (χ3v) is 6.90. The van der Waals surface area contributed by atoms with Crippen molar-refractivity contribution in [2.75, 3.05) is 19.0 Å². The molecule has 3 N–H and O–H groups in total. The number of fused-ring (bicyclic) bond motifs is 1. The van der Waals surface area contributed by atoms with Gasteiger partial charge in [-0.05, 0) is 37.1 Å². The fraction of sp³-hybridized carbons (Fsp3) is 0.185. The zero-order valence-electron chi connectivity index (χ0n) is 19.6. The number of nitrogens with one attached hydrogen (secondary N) is 1. The number of ether oxygens (including phenoxy) is 1. The van der Waals surface area contributed by atoms with Crippen molar-refractivity contribution in [3.8, 4) is 28.3 Å². The highest BCUT2D eigenvalue weighted by atomic mass is 32.1. The Balaban J connectivity index is 1.57. The molecule has 1 aromatic carbocycles. The molecule has 0 aliphatic heterocycles. The molecule has 0 bridgehead atoms. The number of aryl methyl sites for hydroxylation is 1. The molecule has 0 unspecified atom stereocenters. The van der Waals surface area contributed by atoms with Gasteiger partial charge in [0, 0.05) is 52.7 Å². The number of rotatable bonds is 8. The van der Waals surface area contributed by atoms with Gasteiger partial charge < -0.3 is 15.8 Å². The molecule has 0 fully saturated rings. The maximum Gasteiger partial charge on any atom is 0.162 e. The first-order valence-electron chi connectivity index (χ1n) is 11.4. The molecule has 0 aliphatic rings. The van der Waals surface area contributed by atoms with Gasteiger partial charge in [0.2, 0.25) is 0 Å². The van der Waals surface area contributed by atoms with Crippen LogP contribution in [0.15, 0.2) is 73.3 Å². The van der Waals surface area contributed by atoms with Crippen LogP contribution in [0.5, 0.6) is 5.75 Å². The number of hydrogen-bond acceptors (Lipinski definition) is 8. The van der Waals surface area contributed by atoms with Crippen molar-refractivity contribution in [2.45, 2.75) is 19.4 Å². The second-order valence-electron chi connectivity index (χ2n) is 8.25. The number of aromatic nitrogens is 4. The summed E-state index contributed by atoms with van der Waals surface area (Å²) in [7, 11) is 1.66. The fourth-order valence-corrected chi connectivity index (χ4v) is 5.19. The van der Waals surface area contributed by atoms with Gasteiger partial charge in [0.15, 0.2) is 5.82 Å². The van der Waals surface area contributed by atoms with Crippen LogP contribution in [0.25, 0.3) is 32.7 Å². The summed E-state index contributed by atoms with van der Waals surface area (Å²) in [4.78, 5) is 19.4. The third-order valence-electron chi connectivity index (χ3n) is 5.79. The quantitative estimate of drug-likeness (QED) is 0.317. The molecule has 7 nitrogen and oxygen atoms in total. The Morgan fingerprint density at radius 2 is 1.77 bits per heavy atom. The maximum atomic E-state index is 6.48. The Kier molecular flexibility index (Phi) is 6.65. The number of nitrogens with two attached hydrogens (primary N) is 1. The standard InChI is InChI=1S/C27H26N6OS/c1-17-23(21-10-13-30-16-22(21)34-2)24-25(35-17)27(33-26(32-24)19-8-11-29-12-9-19)31-15-20(28)14-18-6-4-3-5-7-18/h3-13,16,20H,14-15,28H2,1-2H3,(H,31,32,33)/t20-/m0/s1. The number of thiophene rings is 1. The number of pyridine rings is 2. The smallest absolute Gasteiger partial charge is 0.162 e. The summed E-state index contributed by atoms with van der Waals surface area (Å²) in [6.07, 6.45) is 7.77. The predicted octanol–water partition coefficient (Wildman–Crippen LogP) is 5.11. The van der Waals surface area contributed by atoms with Gasteiger partial charge in [0.05, 0.1) is 23.5 Å². The SMILES string of the molecule is COc1cnccc1-c1c(C)sc2c(NC[C@@H](N)Cc3ccccc3)nc(-c3ccncc3)nc12. The van der Waals surface area contributed by atoms with E-state index in [1.54, 1.807) is 43.2 Å². The van der Waals surface area contributed by atoms with Crippen molar-refractivity contribution in [1.82, 2.24) is 19.9 Å². The predicted molar refractivity (Wildman–Crippen MR) is 142 cm³/mol. The highest BCUT2D eigenvalue weighted by Gasteiger charge is 2.21. The number of benzene rings is 1. The minimum Gasteiger partial charge on any atom is -0.494 e. The average molecular weight is 483 g/mol. The average Bonchev–Trinajstić information content (AvgIpc) is 3.23. The summed E-state index contributed by atoms with van der Waals surface area (Å²) in [5.41, 5.74) is 11.4. The summed E-state index contributed by atoms with van der Waals surface area (Å²) in [5.74, 6) is 2.11. The molecular formula is C27H26N6OS. The molecule has 5 aromatic rings. The van der Waals surface area contributed by atoms with Gasteiger partial charge >= 0.3 is 0 Å². The largest absolute Gasteiger partial charge is 0.494 e. The molecule has 176 valence electrons. The lowest BCUT2D eigenvalue weighted by atomic mass is 10.1. The highest BCUT2D eigenvalue weighted by Crippen LogP contribution is 2.43.